The van der Waals surface area contributed by atoms with Crippen LogP contribution in [0.15, 0.2) is 47.6 Å². The fourth-order valence-corrected chi connectivity index (χ4v) is 3.61. The van der Waals surface area contributed by atoms with E-state index in [2.05, 4.69) is 15.5 Å². The Kier molecular flexibility index (Phi) is 5.82. The summed E-state index contributed by atoms with van der Waals surface area (Å²) in [6, 6.07) is 12.0. The first-order valence-corrected chi connectivity index (χ1v) is 9.53. The number of aromatic nitrogens is 3. The molecule has 0 aliphatic heterocycles. The minimum Gasteiger partial charge on any atom is -0.323 e. The van der Waals surface area contributed by atoms with Crippen molar-refractivity contribution in [2.24, 2.45) is 0 Å². The molecule has 1 atom stereocenters. The van der Waals surface area contributed by atoms with E-state index in [1.807, 2.05) is 42.7 Å². The summed E-state index contributed by atoms with van der Waals surface area (Å²) >= 11 is 7.00. The lowest BCUT2D eigenvalue weighted by Gasteiger charge is -2.14. The SMILES string of the molecule is Cc1ccccc1-n1c(C)nnc1SC(C)C(=O)Nc1ccc(Cl)cc1F. The molecule has 0 saturated heterocycles. The molecule has 5 nitrogen and oxygen atoms in total. The summed E-state index contributed by atoms with van der Waals surface area (Å²) in [6.07, 6.45) is 0. The van der Waals surface area contributed by atoms with E-state index in [0.29, 0.717) is 5.16 Å². The molecule has 140 valence electrons. The molecule has 0 spiro atoms. The Morgan fingerprint density at radius 2 is 1.96 bits per heavy atom. The van der Waals surface area contributed by atoms with Crippen LogP contribution in [0.5, 0.6) is 0 Å². The minimum atomic E-state index is -0.577. The Balaban J connectivity index is 1.79. The number of anilines is 1. The number of thioether (sulfide) groups is 1. The standard InChI is InChI=1S/C19H18ClFN4OS/c1-11-6-4-5-7-17(11)25-13(3)23-24-19(25)27-12(2)18(26)22-16-9-8-14(20)10-15(16)21/h4-10,12H,1-3H3,(H,22,26). The molecule has 0 fully saturated rings. The average Bonchev–Trinajstić information content (AvgIpc) is 2.98. The highest BCUT2D eigenvalue weighted by molar-refractivity contribution is 8.00. The summed E-state index contributed by atoms with van der Waals surface area (Å²) in [4.78, 5) is 12.5. The van der Waals surface area contributed by atoms with Crippen LogP contribution in [0.4, 0.5) is 10.1 Å². The molecule has 1 heterocycles. The molecule has 27 heavy (non-hydrogen) atoms. The number of nitrogens with zero attached hydrogens (tertiary/aromatic N) is 3. The lowest BCUT2D eigenvalue weighted by molar-refractivity contribution is -0.115. The average molecular weight is 405 g/mol. The van der Waals surface area contributed by atoms with Crippen molar-refractivity contribution in [1.29, 1.82) is 0 Å². The summed E-state index contributed by atoms with van der Waals surface area (Å²) in [5, 5.41) is 11.3. The van der Waals surface area contributed by atoms with Gasteiger partial charge in [0.2, 0.25) is 5.91 Å². The van der Waals surface area contributed by atoms with Gasteiger partial charge in [0, 0.05) is 5.02 Å². The Morgan fingerprint density at radius 3 is 2.67 bits per heavy atom. The van der Waals surface area contributed by atoms with Crippen LogP contribution in [-0.2, 0) is 4.79 Å². The van der Waals surface area contributed by atoms with Crippen molar-refractivity contribution < 1.29 is 9.18 Å². The third kappa shape index (κ3) is 4.31. The summed E-state index contributed by atoms with van der Waals surface area (Å²) in [7, 11) is 0. The molecule has 1 aromatic heterocycles. The summed E-state index contributed by atoms with van der Waals surface area (Å²) in [5.41, 5.74) is 2.12. The predicted molar refractivity (Wildman–Crippen MR) is 106 cm³/mol. The number of carbonyl (C=O) groups is 1. The van der Waals surface area contributed by atoms with E-state index in [9.17, 15) is 9.18 Å². The van der Waals surface area contributed by atoms with Gasteiger partial charge in [-0.15, -0.1) is 10.2 Å². The van der Waals surface area contributed by atoms with Gasteiger partial charge in [0.15, 0.2) is 5.16 Å². The molecule has 0 radical (unpaired) electrons. The maximum Gasteiger partial charge on any atom is 0.237 e. The Hall–Kier alpha value is -2.38. The van der Waals surface area contributed by atoms with Crippen LogP contribution in [0.25, 0.3) is 5.69 Å². The second kappa shape index (κ2) is 8.10. The fourth-order valence-electron chi connectivity index (χ4n) is 2.55. The normalized spacial score (nSPS) is 12.0. The van der Waals surface area contributed by atoms with Gasteiger partial charge in [0.25, 0.3) is 0 Å². The predicted octanol–water partition coefficient (Wildman–Crippen LogP) is 4.80. The van der Waals surface area contributed by atoms with E-state index in [1.165, 1.54) is 23.9 Å². The zero-order valence-electron chi connectivity index (χ0n) is 15.0. The molecule has 2 aromatic carbocycles. The number of aryl methyl sites for hydroxylation is 2. The van der Waals surface area contributed by atoms with Crippen LogP contribution in [0.2, 0.25) is 5.02 Å². The number of rotatable bonds is 5. The van der Waals surface area contributed by atoms with E-state index in [4.69, 9.17) is 11.6 Å². The second-order valence-corrected chi connectivity index (χ2v) is 7.77. The zero-order chi connectivity index (χ0) is 19.6. The van der Waals surface area contributed by atoms with Crippen LogP contribution in [0.1, 0.15) is 18.3 Å². The van der Waals surface area contributed by atoms with Gasteiger partial charge in [-0.05, 0) is 50.6 Å². The van der Waals surface area contributed by atoms with Gasteiger partial charge in [-0.2, -0.15) is 0 Å². The van der Waals surface area contributed by atoms with Gasteiger partial charge in [0.05, 0.1) is 16.6 Å². The number of para-hydroxylation sites is 1. The van der Waals surface area contributed by atoms with Crippen molar-refractivity contribution in [3.05, 3.63) is 64.7 Å². The molecule has 0 saturated carbocycles. The topological polar surface area (TPSA) is 59.8 Å². The van der Waals surface area contributed by atoms with Crippen LogP contribution >= 0.6 is 23.4 Å². The Morgan fingerprint density at radius 1 is 1.22 bits per heavy atom. The van der Waals surface area contributed by atoms with Crippen molar-refractivity contribution in [2.45, 2.75) is 31.2 Å². The molecule has 8 heteroatoms. The summed E-state index contributed by atoms with van der Waals surface area (Å²) in [6.45, 7) is 5.60. The van der Waals surface area contributed by atoms with Crippen LogP contribution in [-0.4, -0.2) is 25.9 Å². The lowest BCUT2D eigenvalue weighted by Crippen LogP contribution is -2.23. The molecular formula is C19H18ClFN4OS. The molecule has 1 N–H and O–H groups in total. The molecule has 0 aliphatic carbocycles. The molecule has 3 rings (SSSR count). The van der Waals surface area contributed by atoms with E-state index < -0.39 is 11.1 Å². The van der Waals surface area contributed by atoms with Crippen LogP contribution in [0, 0.1) is 19.7 Å². The summed E-state index contributed by atoms with van der Waals surface area (Å²) in [5.74, 6) is -0.187. The highest BCUT2D eigenvalue weighted by atomic mass is 35.5. The number of nitrogens with one attached hydrogen (secondary N) is 1. The van der Waals surface area contributed by atoms with Gasteiger partial charge < -0.3 is 5.32 Å². The van der Waals surface area contributed by atoms with E-state index >= 15 is 0 Å². The second-order valence-electron chi connectivity index (χ2n) is 6.03. The van der Waals surface area contributed by atoms with Crippen molar-refractivity contribution in [2.75, 3.05) is 5.32 Å². The fraction of sp³-hybridized carbons (Fsp3) is 0.211. The molecule has 1 amide bonds. The Labute approximate surface area is 166 Å². The first-order chi connectivity index (χ1) is 12.9. The molecule has 0 bridgehead atoms. The van der Waals surface area contributed by atoms with Gasteiger partial charge in [0.1, 0.15) is 11.6 Å². The van der Waals surface area contributed by atoms with Crippen molar-refractivity contribution in [3.63, 3.8) is 0 Å². The number of benzene rings is 2. The maximum atomic E-state index is 13.9. The first-order valence-electron chi connectivity index (χ1n) is 8.27. The Bertz CT molecular complexity index is 992. The maximum absolute atomic E-state index is 13.9. The quantitative estimate of drug-likeness (QED) is 0.621. The van der Waals surface area contributed by atoms with E-state index in [0.717, 1.165) is 23.1 Å². The highest BCUT2D eigenvalue weighted by Gasteiger charge is 2.21. The van der Waals surface area contributed by atoms with Gasteiger partial charge in [-0.1, -0.05) is 41.6 Å². The molecule has 1 unspecified atom stereocenters. The van der Waals surface area contributed by atoms with Crippen molar-refractivity contribution in [1.82, 2.24) is 14.8 Å². The molecular weight excluding hydrogens is 387 g/mol. The number of carbonyl (C=O) groups excluding carboxylic acids is 1. The third-order valence-electron chi connectivity index (χ3n) is 3.99. The van der Waals surface area contributed by atoms with Gasteiger partial charge in [-0.3, -0.25) is 9.36 Å². The largest absolute Gasteiger partial charge is 0.323 e. The number of halogens is 2. The van der Waals surface area contributed by atoms with Crippen molar-refractivity contribution in [3.8, 4) is 5.69 Å². The molecule has 0 aliphatic rings. The minimum absolute atomic E-state index is 0.0911. The van der Waals surface area contributed by atoms with Crippen molar-refractivity contribution >= 4 is 35.0 Å². The van der Waals surface area contributed by atoms with E-state index in [1.54, 1.807) is 6.92 Å². The van der Waals surface area contributed by atoms with Crippen LogP contribution < -0.4 is 5.32 Å². The van der Waals surface area contributed by atoms with Gasteiger partial charge >= 0.3 is 0 Å². The zero-order valence-corrected chi connectivity index (χ0v) is 16.6. The first kappa shape index (κ1) is 19.4. The monoisotopic (exact) mass is 404 g/mol. The lowest BCUT2D eigenvalue weighted by atomic mass is 10.2. The third-order valence-corrected chi connectivity index (χ3v) is 5.27. The number of hydrogen-bond donors (Lipinski definition) is 1. The summed E-state index contributed by atoms with van der Waals surface area (Å²) < 4.78 is 15.8. The van der Waals surface area contributed by atoms with E-state index in [-0.39, 0.29) is 16.6 Å². The van der Waals surface area contributed by atoms with Gasteiger partial charge in [-0.25, -0.2) is 4.39 Å². The highest BCUT2D eigenvalue weighted by Crippen LogP contribution is 2.28. The molecule has 3 aromatic rings. The van der Waals surface area contributed by atoms with Crippen LogP contribution in [0.3, 0.4) is 0 Å². The smallest absolute Gasteiger partial charge is 0.237 e. The number of amides is 1. The number of hydrogen-bond acceptors (Lipinski definition) is 4.